The number of nitrogens with two attached hydrogens (primary N) is 1. The second-order valence-electron chi connectivity index (χ2n) is 12.0. The van der Waals surface area contributed by atoms with Crippen molar-refractivity contribution < 1.29 is 39.2 Å². The number of ether oxygens (including phenoxy) is 1. The van der Waals surface area contributed by atoms with Crippen molar-refractivity contribution in [2.24, 2.45) is 23.5 Å². The van der Waals surface area contributed by atoms with Crippen molar-refractivity contribution >= 4 is 34.9 Å². The quantitative estimate of drug-likeness (QED) is 0.146. The molecule has 11 heteroatoms. The van der Waals surface area contributed by atoms with Crippen LogP contribution in [-0.2, 0) is 33.8 Å². The first-order chi connectivity index (χ1) is 22.0. The van der Waals surface area contributed by atoms with Gasteiger partial charge in [-0.05, 0) is 90.7 Å². The number of hydrogen-bond acceptors (Lipinski definition) is 9. The number of amides is 1. The van der Waals surface area contributed by atoms with Crippen LogP contribution in [0.15, 0.2) is 54.6 Å². The summed E-state index contributed by atoms with van der Waals surface area (Å²) in [6.45, 7) is 0.867. The normalized spacial score (nSPS) is 22.2. The highest BCUT2D eigenvalue weighted by molar-refractivity contribution is 6.30. The van der Waals surface area contributed by atoms with Crippen LogP contribution in [0.1, 0.15) is 46.3 Å². The van der Waals surface area contributed by atoms with E-state index in [1.54, 1.807) is 13.2 Å². The molecule has 10 nitrogen and oxygen atoms in total. The molecule has 0 heterocycles. The van der Waals surface area contributed by atoms with E-state index in [0.717, 1.165) is 24.1 Å². The SMILES string of the molecule is COc1ccc(CNCCc2ccc(Cl)cc2)cc1-c1ccc(O)c2c1C[C@H]1C[C@@H](CCO)[C@@](O)(C(=O)CC(N)=O)C(=O)C1C2=O. The lowest BCUT2D eigenvalue weighted by Crippen LogP contribution is -2.63. The number of ketones is 3. The Bertz CT molecular complexity index is 1670. The lowest BCUT2D eigenvalue weighted by Gasteiger charge is -2.46. The van der Waals surface area contributed by atoms with Crippen molar-refractivity contribution in [2.75, 3.05) is 20.3 Å². The third-order valence-corrected chi connectivity index (χ3v) is 9.47. The van der Waals surface area contributed by atoms with E-state index in [-0.39, 0.29) is 30.6 Å². The number of aromatic hydroxyl groups is 1. The molecular weight excluding hydrogens is 612 g/mol. The van der Waals surface area contributed by atoms with Gasteiger partial charge in [-0.2, -0.15) is 0 Å². The van der Waals surface area contributed by atoms with Crippen LogP contribution in [0.4, 0.5) is 0 Å². The van der Waals surface area contributed by atoms with Gasteiger partial charge in [0.1, 0.15) is 11.5 Å². The summed E-state index contributed by atoms with van der Waals surface area (Å²) < 4.78 is 5.69. The number of aliphatic hydroxyl groups excluding tert-OH is 1. The van der Waals surface area contributed by atoms with Gasteiger partial charge in [0.05, 0.1) is 25.0 Å². The van der Waals surface area contributed by atoms with Crippen LogP contribution in [0.5, 0.6) is 11.5 Å². The van der Waals surface area contributed by atoms with Crippen LogP contribution in [0.2, 0.25) is 5.02 Å². The molecule has 2 aliphatic rings. The van der Waals surface area contributed by atoms with E-state index in [9.17, 15) is 34.5 Å². The molecule has 6 N–H and O–H groups in total. The lowest BCUT2D eigenvalue weighted by atomic mass is 9.57. The van der Waals surface area contributed by atoms with Crippen molar-refractivity contribution in [3.63, 3.8) is 0 Å². The molecule has 3 aromatic carbocycles. The molecule has 5 rings (SSSR count). The molecule has 1 amide bonds. The standard InChI is InChI=1S/C35H37ClN2O8/c1-46-28-9-4-20(18-38-12-10-19-2-5-23(36)6-3-19)14-25(28)24-7-8-27(40)32-26(24)16-21-15-22(11-13-39)35(45,29(41)17-30(37)42)34(44)31(21)33(32)43/h2-9,14,21-22,31,38-40,45H,10-13,15-18H2,1H3,(H2,37,42)/t21-,22-,31?,35-/m1/s1. The molecule has 1 saturated carbocycles. The number of primary amides is 1. The highest BCUT2D eigenvalue weighted by Crippen LogP contribution is 2.50. The number of fused-ring (bicyclic) bond motifs is 2. The molecule has 0 aliphatic heterocycles. The zero-order valence-electron chi connectivity index (χ0n) is 25.4. The van der Waals surface area contributed by atoms with Crippen LogP contribution < -0.4 is 15.8 Å². The number of rotatable bonds is 12. The van der Waals surface area contributed by atoms with E-state index in [1.807, 2.05) is 42.5 Å². The van der Waals surface area contributed by atoms with Crippen molar-refractivity contribution in [1.82, 2.24) is 5.32 Å². The van der Waals surface area contributed by atoms with Gasteiger partial charge >= 0.3 is 0 Å². The van der Waals surface area contributed by atoms with Crippen molar-refractivity contribution in [3.8, 4) is 22.6 Å². The average Bonchev–Trinajstić information content (AvgIpc) is 3.02. The van der Waals surface area contributed by atoms with E-state index >= 15 is 0 Å². The van der Waals surface area contributed by atoms with E-state index in [4.69, 9.17) is 22.1 Å². The van der Waals surface area contributed by atoms with Crippen LogP contribution in [0.3, 0.4) is 0 Å². The molecule has 4 atom stereocenters. The smallest absolute Gasteiger partial charge is 0.225 e. The minimum atomic E-state index is -2.66. The Hall–Kier alpha value is -4.09. The highest BCUT2D eigenvalue weighted by atomic mass is 35.5. The summed E-state index contributed by atoms with van der Waals surface area (Å²) in [6, 6.07) is 16.5. The first-order valence-electron chi connectivity index (χ1n) is 15.2. The summed E-state index contributed by atoms with van der Waals surface area (Å²) in [4.78, 5) is 52.3. The van der Waals surface area contributed by atoms with Gasteiger partial charge in [0.25, 0.3) is 0 Å². The molecule has 1 fully saturated rings. The molecule has 3 aromatic rings. The summed E-state index contributed by atoms with van der Waals surface area (Å²) in [5, 5.41) is 36.2. The fourth-order valence-electron chi connectivity index (χ4n) is 6.98. The number of benzene rings is 3. The van der Waals surface area contributed by atoms with Gasteiger partial charge in [-0.1, -0.05) is 35.9 Å². The Morgan fingerprint density at radius 2 is 1.78 bits per heavy atom. The highest BCUT2D eigenvalue weighted by Gasteiger charge is 2.60. The molecule has 0 aromatic heterocycles. The number of carbonyl (C=O) groups is 4. The van der Waals surface area contributed by atoms with Gasteiger partial charge in [-0.25, -0.2) is 0 Å². The molecule has 0 saturated heterocycles. The van der Waals surface area contributed by atoms with E-state index in [0.29, 0.717) is 34.0 Å². The third kappa shape index (κ3) is 6.30. The zero-order valence-corrected chi connectivity index (χ0v) is 26.2. The van der Waals surface area contributed by atoms with Gasteiger partial charge in [-0.15, -0.1) is 0 Å². The number of halogens is 1. The fourth-order valence-corrected chi connectivity index (χ4v) is 7.11. The van der Waals surface area contributed by atoms with Gasteiger partial charge in [0.15, 0.2) is 23.0 Å². The zero-order chi connectivity index (χ0) is 33.2. The van der Waals surface area contributed by atoms with Gasteiger partial charge in [0, 0.05) is 29.7 Å². The predicted octanol–water partition coefficient (Wildman–Crippen LogP) is 3.17. The maximum atomic E-state index is 14.0. The number of phenols is 1. The summed E-state index contributed by atoms with van der Waals surface area (Å²) in [7, 11) is 1.54. The number of aliphatic hydroxyl groups is 2. The van der Waals surface area contributed by atoms with Crippen LogP contribution in [0.25, 0.3) is 11.1 Å². The summed E-state index contributed by atoms with van der Waals surface area (Å²) in [5.41, 5.74) is 6.47. The molecule has 0 bridgehead atoms. The van der Waals surface area contributed by atoms with E-state index in [2.05, 4.69) is 5.32 Å². The van der Waals surface area contributed by atoms with Gasteiger partial charge in [0.2, 0.25) is 5.91 Å². The summed E-state index contributed by atoms with van der Waals surface area (Å²) in [5.74, 6) is -6.67. The Morgan fingerprint density at radius 3 is 2.46 bits per heavy atom. The molecule has 1 unspecified atom stereocenters. The number of hydrogen-bond donors (Lipinski definition) is 5. The maximum absolute atomic E-state index is 14.0. The largest absolute Gasteiger partial charge is 0.507 e. The monoisotopic (exact) mass is 648 g/mol. The number of methoxy groups -OCH3 is 1. The first-order valence-corrected chi connectivity index (χ1v) is 15.6. The second-order valence-corrected chi connectivity index (χ2v) is 12.5. The summed E-state index contributed by atoms with van der Waals surface area (Å²) in [6.07, 6.45) is 0.0944. The van der Waals surface area contributed by atoms with E-state index < -0.39 is 59.6 Å². The van der Waals surface area contributed by atoms with E-state index in [1.165, 1.54) is 6.07 Å². The van der Waals surface area contributed by atoms with Crippen LogP contribution >= 0.6 is 11.6 Å². The average molecular weight is 649 g/mol. The minimum Gasteiger partial charge on any atom is -0.507 e. The molecular formula is C35H37ClN2O8. The van der Waals surface area contributed by atoms with Gasteiger partial charge in [-0.3, -0.25) is 19.2 Å². The van der Waals surface area contributed by atoms with Crippen LogP contribution in [-0.4, -0.2) is 64.4 Å². The van der Waals surface area contributed by atoms with Crippen LogP contribution in [0, 0.1) is 17.8 Å². The number of carbonyl (C=O) groups excluding carboxylic acids is 4. The molecule has 2 aliphatic carbocycles. The molecule has 0 radical (unpaired) electrons. The maximum Gasteiger partial charge on any atom is 0.225 e. The first kappa shape index (κ1) is 33.3. The Labute approximate surface area is 271 Å². The minimum absolute atomic E-state index is 0.0500. The predicted molar refractivity (Wildman–Crippen MR) is 171 cm³/mol. The Balaban J connectivity index is 1.46. The molecule has 0 spiro atoms. The van der Waals surface area contributed by atoms with Crippen molar-refractivity contribution in [1.29, 1.82) is 0 Å². The molecule has 242 valence electrons. The Morgan fingerprint density at radius 1 is 1.07 bits per heavy atom. The molecule has 46 heavy (non-hydrogen) atoms. The second kappa shape index (κ2) is 13.7. The topological polar surface area (TPSA) is 176 Å². The fraction of sp³-hybridized carbons (Fsp3) is 0.371. The Kier molecular flexibility index (Phi) is 9.93. The number of phenolic OH excluding ortho intramolecular Hbond substituents is 1. The number of nitrogens with one attached hydrogen (secondary N) is 1. The number of Topliss-reactive ketones (excluding diaryl/α,β-unsaturated/α-hetero) is 3. The summed E-state index contributed by atoms with van der Waals surface area (Å²) >= 11 is 5.98. The van der Waals surface area contributed by atoms with Gasteiger partial charge < -0.3 is 31.1 Å². The lowest BCUT2D eigenvalue weighted by molar-refractivity contribution is -0.167. The van der Waals surface area contributed by atoms with Crippen molar-refractivity contribution in [3.05, 3.63) is 81.9 Å². The van der Waals surface area contributed by atoms with Crippen molar-refractivity contribution in [2.45, 2.75) is 44.2 Å². The third-order valence-electron chi connectivity index (χ3n) is 9.22.